The molecule has 0 saturated carbocycles. The predicted molar refractivity (Wildman–Crippen MR) is 123 cm³/mol. The van der Waals surface area contributed by atoms with Crippen LogP contribution >= 0.6 is 35.0 Å². The summed E-state index contributed by atoms with van der Waals surface area (Å²) in [5, 5.41) is 12.9. The highest BCUT2D eigenvalue weighted by Crippen LogP contribution is 2.28. The highest BCUT2D eigenvalue weighted by atomic mass is 35.5. The Kier molecular flexibility index (Phi) is 8.45. The number of anilines is 1. The van der Waals surface area contributed by atoms with Crippen LogP contribution in [-0.2, 0) is 17.9 Å². The minimum absolute atomic E-state index is 0.136. The maximum atomic E-state index is 12.3. The largest absolute Gasteiger partial charge is 0.494 e. The molecule has 3 aromatic rings. The minimum Gasteiger partial charge on any atom is -0.494 e. The maximum absolute atomic E-state index is 12.3. The first-order chi connectivity index (χ1) is 15.0. The first kappa shape index (κ1) is 23.2. The zero-order valence-electron chi connectivity index (χ0n) is 17.1. The fraction of sp³-hybridized carbons (Fsp3) is 0.286. The molecule has 0 bridgehead atoms. The molecule has 1 aromatic heterocycles. The zero-order chi connectivity index (χ0) is 22.2. The number of thioether (sulfide) groups is 1. The second-order valence-electron chi connectivity index (χ2n) is 6.30. The molecule has 1 heterocycles. The van der Waals surface area contributed by atoms with Crippen molar-refractivity contribution in [2.24, 2.45) is 0 Å². The van der Waals surface area contributed by atoms with E-state index < -0.39 is 0 Å². The fourth-order valence-corrected chi connectivity index (χ4v) is 3.86. The number of benzene rings is 2. The molecule has 164 valence electrons. The topological polar surface area (TPSA) is 78.3 Å². The number of carbonyl (C=O) groups is 1. The molecule has 0 spiro atoms. The van der Waals surface area contributed by atoms with Crippen LogP contribution in [0.15, 0.2) is 47.6 Å². The summed E-state index contributed by atoms with van der Waals surface area (Å²) >= 11 is 13.4. The van der Waals surface area contributed by atoms with Crippen molar-refractivity contribution in [3.05, 3.63) is 58.3 Å². The number of carbonyl (C=O) groups excluding carboxylic acids is 1. The Bertz CT molecular complexity index is 1030. The number of halogens is 2. The zero-order valence-corrected chi connectivity index (χ0v) is 19.4. The van der Waals surface area contributed by atoms with Crippen LogP contribution in [-0.4, -0.2) is 33.0 Å². The Labute approximate surface area is 195 Å². The number of amides is 1. The SMILES string of the molecule is CCOc1ccc(NC(=O)CSc2nnc(COc3cc(Cl)ccc3Cl)n2CC)cc1. The molecule has 0 unspecified atom stereocenters. The van der Waals surface area contributed by atoms with Crippen molar-refractivity contribution in [2.75, 3.05) is 17.7 Å². The first-order valence-corrected chi connectivity index (χ1v) is 11.4. The quantitative estimate of drug-likeness (QED) is 0.396. The molecule has 0 radical (unpaired) electrons. The predicted octanol–water partition coefficient (Wildman–Crippen LogP) is 5.31. The second kappa shape index (κ2) is 11.3. The number of rotatable bonds is 10. The molecule has 0 aliphatic rings. The molecule has 1 N–H and O–H groups in total. The van der Waals surface area contributed by atoms with E-state index >= 15 is 0 Å². The van der Waals surface area contributed by atoms with Crippen LogP contribution in [0.1, 0.15) is 19.7 Å². The molecule has 0 fully saturated rings. The van der Waals surface area contributed by atoms with Gasteiger partial charge in [-0.25, -0.2) is 0 Å². The summed E-state index contributed by atoms with van der Waals surface area (Å²) in [7, 11) is 0. The third kappa shape index (κ3) is 6.53. The summed E-state index contributed by atoms with van der Waals surface area (Å²) in [5.74, 6) is 1.94. The van der Waals surface area contributed by atoms with Crippen LogP contribution in [0.5, 0.6) is 11.5 Å². The van der Waals surface area contributed by atoms with E-state index in [1.54, 1.807) is 30.3 Å². The van der Waals surface area contributed by atoms with Gasteiger partial charge in [0.15, 0.2) is 11.0 Å². The lowest BCUT2D eigenvalue weighted by Gasteiger charge is -2.10. The third-order valence-electron chi connectivity index (χ3n) is 4.14. The average Bonchev–Trinajstić information content (AvgIpc) is 3.16. The van der Waals surface area contributed by atoms with Crippen LogP contribution in [0, 0.1) is 0 Å². The summed E-state index contributed by atoms with van der Waals surface area (Å²) in [6.45, 7) is 5.31. The monoisotopic (exact) mass is 480 g/mol. The molecule has 10 heteroatoms. The van der Waals surface area contributed by atoms with Crippen molar-refractivity contribution < 1.29 is 14.3 Å². The van der Waals surface area contributed by atoms with Gasteiger partial charge in [-0.15, -0.1) is 10.2 Å². The minimum atomic E-state index is -0.136. The van der Waals surface area contributed by atoms with E-state index in [2.05, 4.69) is 15.5 Å². The molecule has 0 atom stereocenters. The van der Waals surface area contributed by atoms with Crippen LogP contribution in [0.25, 0.3) is 0 Å². The van der Waals surface area contributed by atoms with E-state index in [0.717, 1.165) is 5.75 Å². The lowest BCUT2D eigenvalue weighted by molar-refractivity contribution is -0.113. The number of hydrogen-bond acceptors (Lipinski definition) is 6. The molecular formula is C21H22Cl2N4O3S. The molecule has 1 amide bonds. The third-order valence-corrected chi connectivity index (χ3v) is 5.66. The Hall–Kier alpha value is -2.42. The van der Waals surface area contributed by atoms with E-state index in [-0.39, 0.29) is 18.3 Å². The van der Waals surface area contributed by atoms with Gasteiger partial charge in [0.25, 0.3) is 0 Å². The van der Waals surface area contributed by atoms with Crippen molar-refractivity contribution in [1.29, 1.82) is 0 Å². The second-order valence-corrected chi connectivity index (χ2v) is 8.09. The van der Waals surface area contributed by atoms with Crippen LogP contribution in [0.4, 0.5) is 5.69 Å². The number of aromatic nitrogens is 3. The summed E-state index contributed by atoms with van der Waals surface area (Å²) in [6, 6.07) is 12.3. The Balaban J connectivity index is 1.56. The van der Waals surface area contributed by atoms with Crippen LogP contribution < -0.4 is 14.8 Å². The fourth-order valence-electron chi connectivity index (χ4n) is 2.71. The molecule has 0 aliphatic heterocycles. The van der Waals surface area contributed by atoms with Gasteiger partial charge in [0.1, 0.15) is 18.1 Å². The van der Waals surface area contributed by atoms with E-state index in [4.69, 9.17) is 32.7 Å². The van der Waals surface area contributed by atoms with Gasteiger partial charge in [-0.3, -0.25) is 4.79 Å². The van der Waals surface area contributed by atoms with Gasteiger partial charge < -0.3 is 19.4 Å². The van der Waals surface area contributed by atoms with Gasteiger partial charge in [-0.05, 0) is 50.2 Å². The number of nitrogens with zero attached hydrogens (tertiary/aromatic N) is 3. The average molecular weight is 481 g/mol. The molecule has 3 rings (SSSR count). The van der Waals surface area contributed by atoms with E-state index in [1.807, 2.05) is 30.5 Å². The van der Waals surface area contributed by atoms with Gasteiger partial charge >= 0.3 is 0 Å². The molecule has 0 saturated heterocycles. The number of ether oxygens (including phenoxy) is 2. The molecule has 31 heavy (non-hydrogen) atoms. The molecule has 2 aromatic carbocycles. The Morgan fingerprint density at radius 2 is 1.87 bits per heavy atom. The molecule has 0 aliphatic carbocycles. The lowest BCUT2D eigenvalue weighted by atomic mass is 10.3. The van der Waals surface area contributed by atoms with Gasteiger partial charge in [0, 0.05) is 23.3 Å². The lowest BCUT2D eigenvalue weighted by Crippen LogP contribution is -2.15. The summed E-state index contributed by atoms with van der Waals surface area (Å²) in [6.07, 6.45) is 0. The number of hydrogen-bond donors (Lipinski definition) is 1. The van der Waals surface area contributed by atoms with Crippen molar-refractivity contribution in [2.45, 2.75) is 32.2 Å². The van der Waals surface area contributed by atoms with Crippen LogP contribution in [0.3, 0.4) is 0 Å². The normalized spacial score (nSPS) is 10.7. The van der Waals surface area contributed by atoms with E-state index in [1.165, 1.54) is 11.8 Å². The summed E-state index contributed by atoms with van der Waals surface area (Å²) in [4.78, 5) is 12.3. The highest BCUT2D eigenvalue weighted by Gasteiger charge is 2.14. The van der Waals surface area contributed by atoms with Gasteiger partial charge in [-0.2, -0.15) is 0 Å². The molecule has 7 nitrogen and oxygen atoms in total. The van der Waals surface area contributed by atoms with Crippen molar-refractivity contribution in [1.82, 2.24) is 14.8 Å². The first-order valence-electron chi connectivity index (χ1n) is 9.65. The van der Waals surface area contributed by atoms with Crippen LogP contribution in [0.2, 0.25) is 10.0 Å². The summed E-state index contributed by atoms with van der Waals surface area (Å²) in [5.41, 5.74) is 0.707. The van der Waals surface area contributed by atoms with Gasteiger partial charge in [0.05, 0.1) is 17.4 Å². The number of nitrogens with one attached hydrogen (secondary N) is 1. The molecular weight excluding hydrogens is 459 g/mol. The van der Waals surface area contributed by atoms with E-state index in [9.17, 15) is 4.79 Å². The highest BCUT2D eigenvalue weighted by molar-refractivity contribution is 7.99. The van der Waals surface area contributed by atoms with Crippen molar-refractivity contribution >= 4 is 46.6 Å². The van der Waals surface area contributed by atoms with E-state index in [0.29, 0.717) is 45.6 Å². The van der Waals surface area contributed by atoms with Crippen molar-refractivity contribution in [3.8, 4) is 11.5 Å². The smallest absolute Gasteiger partial charge is 0.234 e. The maximum Gasteiger partial charge on any atom is 0.234 e. The Morgan fingerprint density at radius 1 is 1.10 bits per heavy atom. The van der Waals surface area contributed by atoms with Gasteiger partial charge in [-0.1, -0.05) is 35.0 Å². The van der Waals surface area contributed by atoms with Crippen molar-refractivity contribution in [3.63, 3.8) is 0 Å². The standard InChI is InChI=1S/C21H22Cl2N4O3S/c1-3-27-19(12-30-18-11-14(22)5-10-17(18)23)25-26-21(27)31-13-20(28)24-15-6-8-16(9-7-15)29-4-2/h5-11H,3-4,12-13H2,1-2H3,(H,24,28). The van der Waals surface area contributed by atoms with Gasteiger partial charge in [0.2, 0.25) is 5.91 Å². The Morgan fingerprint density at radius 3 is 2.58 bits per heavy atom. The summed E-state index contributed by atoms with van der Waals surface area (Å²) < 4.78 is 13.0.